The second-order valence-electron chi connectivity index (χ2n) is 5.19. The Morgan fingerprint density at radius 2 is 1.80 bits per heavy atom. The SMILES string of the molecule is CCc1nnc(CSc2nnc(-c3ccco3)n2-c2ccccc2)o1. The molecule has 1 aromatic carbocycles. The third kappa shape index (κ3) is 3.20. The molecule has 4 aromatic rings. The zero-order valence-electron chi connectivity index (χ0n) is 13.5. The second kappa shape index (κ2) is 6.94. The molecule has 0 aliphatic rings. The summed E-state index contributed by atoms with van der Waals surface area (Å²) in [7, 11) is 0. The molecule has 0 saturated heterocycles. The molecule has 0 N–H and O–H groups in total. The third-order valence-corrected chi connectivity index (χ3v) is 4.44. The van der Waals surface area contributed by atoms with Crippen LogP contribution in [0.5, 0.6) is 0 Å². The topological polar surface area (TPSA) is 82.8 Å². The number of benzene rings is 1. The predicted octanol–water partition coefficient (Wildman–Crippen LogP) is 3.77. The highest BCUT2D eigenvalue weighted by molar-refractivity contribution is 7.98. The molecule has 3 heterocycles. The first-order chi connectivity index (χ1) is 12.3. The predicted molar refractivity (Wildman–Crippen MR) is 92.3 cm³/mol. The van der Waals surface area contributed by atoms with Gasteiger partial charge in [-0.05, 0) is 24.3 Å². The van der Waals surface area contributed by atoms with Gasteiger partial charge in [0.05, 0.1) is 12.0 Å². The van der Waals surface area contributed by atoms with Crippen molar-refractivity contribution in [1.29, 1.82) is 0 Å². The fourth-order valence-corrected chi connectivity index (χ4v) is 3.14. The van der Waals surface area contributed by atoms with Gasteiger partial charge in [0, 0.05) is 12.1 Å². The number of rotatable bonds is 6. The molecule has 0 unspecified atom stereocenters. The van der Waals surface area contributed by atoms with E-state index in [-0.39, 0.29) is 0 Å². The summed E-state index contributed by atoms with van der Waals surface area (Å²) in [6, 6.07) is 13.6. The van der Waals surface area contributed by atoms with Gasteiger partial charge in [-0.2, -0.15) is 0 Å². The Labute approximate surface area is 148 Å². The summed E-state index contributed by atoms with van der Waals surface area (Å²) in [6.45, 7) is 1.98. The fourth-order valence-electron chi connectivity index (χ4n) is 2.35. The summed E-state index contributed by atoms with van der Waals surface area (Å²) in [4.78, 5) is 0. The van der Waals surface area contributed by atoms with E-state index in [0.29, 0.717) is 29.1 Å². The summed E-state index contributed by atoms with van der Waals surface area (Å²) >= 11 is 1.49. The average Bonchev–Trinajstić information content (AvgIpc) is 3.39. The molecule has 4 rings (SSSR count). The van der Waals surface area contributed by atoms with Crippen LogP contribution in [-0.2, 0) is 12.2 Å². The van der Waals surface area contributed by atoms with E-state index < -0.39 is 0 Å². The zero-order valence-corrected chi connectivity index (χ0v) is 14.3. The van der Waals surface area contributed by atoms with Gasteiger partial charge >= 0.3 is 0 Å². The average molecular weight is 353 g/mol. The number of aryl methyl sites for hydroxylation is 1. The third-order valence-electron chi connectivity index (χ3n) is 3.53. The Hall–Kier alpha value is -2.87. The highest BCUT2D eigenvalue weighted by Gasteiger charge is 2.18. The fraction of sp³-hybridized carbons (Fsp3) is 0.176. The highest BCUT2D eigenvalue weighted by atomic mass is 32.2. The molecule has 25 heavy (non-hydrogen) atoms. The standard InChI is InChI=1S/C17H15N5O2S/c1-2-14-18-19-15(24-14)11-25-17-21-20-16(13-9-6-10-23-13)22(17)12-7-4-3-5-8-12/h3-10H,2,11H2,1H3. The lowest BCUT2D eigenvalue weighted by atomic mass is 10.3. The van der Waals surface area contributed by atoms with E-state index >= 15 is 0 Å². The minimum Gasteiger partial charge on any atom is -0.461 e. The van der Waals surface area contributed by atoms with Gasteiger partial charge < -0.3 is 8.83 Å². The lowest BCUT2D eigenvalue weighted by Crippen LogP contribution is -1.99. The van der Waals surface area contributed by atoms with Crippen LogP contribution in [0.1, 0.15) is 18.7 Å². The van der Waals surface area contributed by atoms with Crippen LogP contribution in [0.15, 0.2) is 62.7 Å². The van der Waals surface area contributed by atoms with Crippen LogP contribution in [-0.4, -0.2) is 25.0 Å². The van der Waals surface area contributed by atoms with Gasteiger partial charge in [-0.15, -0.1) is 20.4 Å². The minimum absolute atomic E-state index is 0.524. The molecule has 0 saturated carbocycles. The van der Waals surface area contributed by atoms with E-state index in [1.807, 2.05) is 54.0 Å². The van der Waals surface area contributed by atoms with Crippen molar-refractivity contribution in [2.75, 3.05) is 0 Å². The largest absolute Gasteiger partial charge is 0.461 e. The quantitative estimate of drug-likeness (QED) is 0.488. The molecule has 126 valence electrons. The van der Waals surface area contributed by atoms with Crippen molar-refractivity contribution in [3.63, 3.8) is 0 Å². The van der Waals surface area contributed by atoms with Crippen molar-refractivity contribution < 1.29 is 8.83 Å². The second-order valence-corrected chi connectivity index (χ2v) is 6.13. The Morgan fingerprint density at radius 3 is 2.52 bits per heavy atom. The van der Waals surface area contributed by atoms with E-state index in [9.17, 15) is 0 Å². The van der Waals surface area contributed by atoms with E-state index in [1.54, 1.807) is 6.26 Å². The number of hydrogen-bond donors (Lipinski definition) is 0. The van der Waals surface area contributed by atoms with Gasteiger partial charge in [-0.3, -0.25) is 4.57 Å². The number of nitrogens with zero attached hydrogens (tertiary/aromatic N) is 5. The maximum Gasteiger partial charge on any atom is 0.226 e. The van der Waals surface area contributed by atoms with Gasteiger partial charge in [0.25, 0.3) is 0 Å². The Bertz CT molecular complexity index is 947. The molecule has 3 aromatic heterocycles. The molecule has 0 aliphatic carbocycles. The van der Waals surface area contributed by atoms with Crippen LogP contribution in [0.25, 0.3) is 17.3 Å². The molecular formula is C17H15N5O2S. The molecule has 0 fully saturated rings. The summed E-state index contributed by atoms with van der Waals surface area (Å²) in [6.07, 6.45) is 2.34. The molecule has 0 spiro atoms. The van der Waals surface area contributed by atoms with Crippen LogP contribution < -0.4 is 0 Å². The number of thioether (sulfide) groups is 1. The molecule has 0 atom stereocenters. The van der Waals surface area contributed by atoms with Gasteiger partial charge in [0.2, 0.25) is 17.6 Å². The molecule has 0 amide bonds. The minimum atomic E-state index is 0.524. The summed E-state index contributed by atoms with van der Waals surface area (Å²) in [5.74, 6) is 3.05. The highest BCUT2D eigenvalue weighted by Crippen LogP contribution is 2.29. The molecule has 7 nitrogen and oxygen atoms in total. The number of aromatic nitrogens is 5. The van der Waals surface area contributed by atoms with Crippen molar-refractivity contribution in [3.05, 3.63) is 60.5 Å². The first-order valence-electron chi connectivity index (χ1n) is 7.84. The Kier molecular flexibility index (Phi) is 4.34. The van der Waals surface area contributed by atoms with E-state index in [4.69, 9.17) is 8.83 Å². The van der Waals surface area contributed by atoms with Gasteiger partial charge in [0.1, 0.15) is 0 Å². The Morgan fingerprint density at radius 1 is 0.960 bits per heavy atom. The van der Waals surface area contributed by atoms with Crippen molar-refractivity contribution in [1.82, 2.24) is 25.0 Å². The monoisotopic (exact) mass is 353 g/mol. The lowest BCUT2D eigenvalue weighted by Gasteiger charge is -2.08. The molecule has 0 bridgehead atoms. The zero-order chi connectivity index (χ0) is 17.1. The van der Waals surface area contributed by atoms with Crippen LogP contribution in [0.2, 0.25) is 0 Å². The van der Waals surface area contributed by atoms with Gasteiger partial charge in [0.15, 0.2) is 10.9 Å². The number of hydrogen-bond acceptors (Lipinski definition) is 7. The maximum atomic E-state index is 5.56. The van der Waals surface area contributed by atoms with Crippen molar-refractivity contribution in [2.24, 2.45) is 0 Å². The Balaban J connectivity index is 1.67. The van der Waals surface area contributed by atoms with Crippen molar-refractivity contribution in [3.8, 4) is 17.3 Å². The number of para-hydroxylation sites is 1. The van der Waals surface area contributed by atoms with E-state index in [1.165, 1.54) is 11.8 Å². The first kappa shape index (κ1) is 15.6. The number of furan rings is 1. The van der Waals surface area contributed by atoms with Crippen LogP contribution in [0.4, 0.5) is 0 Å². The molecule has 0 aliphatic heterocycles. The maximum absolute atomic E-state index is 5.56. The van der Waals surface area contributed by atoms with Crippen LogP contribution in [0, 0.1) is 0 Å². The first-order valence-corrected chi connectivity index (χ1v) is 8.82. The normalized spacial score (nSPS) is 11.1. The summed E-state index contributed by atoms with van der Waals surface area (Å²) in [5, 5.41) is 17.4. The van der Waals surface area contributed by atoms with Crippen molar-refractivity contribution in [2.45, 2.75) is 24.3 Å². The van der Waals surface area contributed by atoms with Crippen LogP contribution >= 0.6 is 11.8 Å². The molecule has 0 radical (unpaired) electrons. The van der Waals surface area contributed by atoms with Crippen LogP contribution in [0.3, 0.4) is 0 Å². The summed E-state index contributed by atoms with van der Waals surface area (Å²) < 4.78 is 13.0. The lowest BCUT2D eigenvalue weighted by molar-refractivity contribution is 0.470. The summed E-state index contributed by atoms with van der Waals surface area (Å²) in [5.41, 5.74) is 0.959. The van der Waals surface area contributed by atoms with Gasteiger partial charge in [-0.1, -0.05) is 36.9 Å². The van der Waals surface area contributed by atoms with E-state index in [0.717, 1.165) is 17.3 Å². The molecule has 8 heteroatoms. The smallest absolute Gasteiger partial charge is 0.226 e. The molecular weight excluding hydrogens is 338 g/mol. The van der Waals surface area contributed by atoms with Gasteiger partial charge in [-0.25, -0.2) is 0 Å². The van der Waals surface area contributed by atoms with Crippen molar-refractivity contribution >= 4 is 11.8 Å². The van der Waals surface area contributed by atoms with E-state index in [2.05, 4.69) is 20.4 Å².